The summed E-state index contributed by atoms with van der Waals surface area (Å²) in [5, 5.41) is 1.17. The molecule has 140 valence electrons. The summed E-state index contributed by atoms with van der Waals surface area (Å²) in [4.78, 5) is 32.0. The molecule has 1 aromatic carbocycles. The van der Waals surface area contributed by atoms with Crippen LogP contribution in [0.2, 0.25) is 0 Å². The molecule has 1 aromatic heterocycles. The minimum Gasteiger partial charge on any atom is -0.342 e. The molecule has 0 aliphatic carbocycles. The van der Waals surface area contributed by atoms with Crippen LogP contribution in [0.5, 0.6) is 0 Å². The molecule has 0 atom stereocenters. The Labute approximate surface area is 159 Å². The van der Waals surface area contributed by atoms with Crippen molar-refractivity contribution >= 4 is 33.2 Å². The Balaban J connectivity index is 1.61. The topological polar surface area (TPSA) is 43.9 Å². The molecular formula is C20H27N3O2S. The molecular weight excluding hydrogens is 346 g/mol. The SMILES string of the molecule is CCN(CC)C(=O)CN1CCN(C(=O)c2sc3ccccc3c2C)CC1. The van der Waals surface area contributed by atoms with Crippen molar-refractivity contribution in [3.05, 3.63) is 34.7 Å². The zero-order valence-electron chi connectivity index (χ0n) is 15.8. The highest BCUT2D eigenvalue weighted by atomic mass is 32.1. The first-order chi connectivity index (χ1) is 12.5. The van der Waals surface area contributed by atoms with Gasteiger partial charge >= 0.3 is 0 Å². The quantitative estimate of drug-likeness (QED) is 0.809. The highest BCUT2D eigenvalue weighted by molar-refractivity contribution is 7.21. The van der Waals surface area contributed by atoms with Gasteiger partial charge in [-0.1, -0.05) is 18.2 Å². The fourth-order valence-corrected chi connectivity index (χ4v) is 4.68. The molecule has 0 N–H and O–H groups in total. The number of rotatable bonds is 5. The van der Waals surface area contributed by atoms with Crippen LogP contribution in [-0.4, -0.2) is 72.3 Å². The molecule has 2 heterocycles. The van der Waals surface area contributed by atoms with Gasteiger partial charge in [-0.3, -0.25) is 14.5 Å². The number of benzene rings is 1. The van der Waals surface area contributed by atoms with Gasteiger partial charge in [-0.15, -0.1) is 11.3 Å². The van der Waals surface area contributed by atoms with Crippen LogP contribution < -0.4 is 0 Å². The van der Waals surface area contributed by atoms with Gasteiger partial charge in [0.25, 0.3) is 5.91 Å². The average molecular weight is 374 g/mol. The summed E-state index contributed by atoms with van der Waals surface area (Å²) in [6.07, 6.45) is 0. The highest BCUT2D eigenvalue weighted by Gasteiger charge is 2.26. The van der Waals surface area contributed by atoms with Crippen molar-refractivity contribution in [1.29, 1.82) is 0 Å². The monoisotopic (exact) mass is 373 g/mol. The zero-order chi connectivity index (χ0) is 18.7. The van der Waals surface area contributed by atoms with Gasteiger partial charge in [0.05, 0.1) is 11.4 Å². The van der Waals surface area contributed by atoms with E-state index in [9.17, 15) is 9.59 Å². The van der Waals surface area contributed by atoms with Crippen molar-refractivity contribution in [3.63, 3.8) is 0 Å². The van der Waals surface area contributed by atoms with Crippen LogP contribution in [-0.2, 0) is 4.79 Å². The summed E-state index contributed by atoms with van der Waals surface area (Å²) < 4.78 is 1.16. The largest absolute Gasteiger partial charge is 0.342 e. The Kier molecular flexibility index (Phi) is 5.94. The number of carbonyl (C=O) groups is 2. The average Bonchev–Trinajstić information content (AvgIpc) is 3.00. The van der Waals surface area contributed by atoms with Crippen molar-refractivity contribution in [2.75, 3.05) is 45.8 Å². The Morgan fingerprint density at radius 2 is 1.73 bits per heavy atom. The molecule has 1 aliphatic rings. The van der Waals surface area contributed by atoms with E-state index < -0.39 is 0 Å². The predicted octanol–water partition coefficient (Wildman–Crippen LogP) is 2.84. The minimum absolute atomic E-state index is 0.124. The lowest BCUT2D eigenvalue weighted by molar-refractivity contribution is -0.132. The molecule has 5 nitrogen and oxygen atoms in total. The number of aryl methyl sites for hydroxylation is 1. The summed E-state index contributed by atoms with van der Waals surface area (Å²) in [7, 11) is 0. The van der Waals surface area contributed by atoms with Gasteiger partial charge in [0.1, 0.15) is 0 Å². The molecule has 2 amide bonds. The minimum atomic E-state index is 0.124. The van der Waals surface area contributed by atoms with Gasteiger partial charge in [-0.05, 0) is 37.8 Å². The second-order valence-corrected chi connectivity index (χ2v) is 7.74. The number of carbonyl (C=O) groups excluding carboxylic acids is 2. The van der Waals surface area contributed by atoms with E-state index in [1.165, 1.54) is 5.39 Å². The Bertz CT molecular complexity index is 789. The molecule has 0 unspecified atom stereocenters. The summed E-state index contributed by atoms with van der Waals surface area (Å²) >= 11 is 1.58. The third kappa shape index (κ3) is 3.76. The first kappa shape index (κ1) is 18.9. The van der Waals surface area contributed by atoms with Crippen LogP contribution in [0.4, 0.5) is 0 Å². The standard InChI is InChI=1S/C20H27N3O2S/c1-4-22(5-2)18(24)14-21-10-12-23(13-11-21)20(25)19-15(3)16-8-6-7-9-17(16)26-19/h6-9H,4-5,10-14H2,1-3H3. The van der Waals surface area contributed by atoms with Crippen LogP contribution >= 0.6 is 11.3 Å². The van der Waals surface area contributed by atoms with E-state index in [1.54, 1.807) is 11.3 Å². The number of hydrogen-bond acceptors (Lipinski definition) is 4. The zero-order valence-corrected chi connectivity index (χ0v) is 16.6. The molecule has 6 heteroatoms. The third-order valence-electron chi connectivity index (χ3n) is 5.17. The first-order valence-corrected chi connectivity index (χ1v) is 10.1. The van der Waals surface area contributed by atoms with Crippen molar-refractivity contribution in [2.24, 2.45) is 0 Å². The van der Waals surface area contributed by atoms with E-state index in [0.717, 1.165) is 41.3 Å². The Morgan fingerprint density at radius 1 is 1.08 bits per heavy atom. The molecule has 26 heavy (non-hydrogen) atoms. The van der Waals surface area contributed by atoms with Crippen molar-refractivity contribution in [2.45, 2.75) is 20.8 Å². The maximum atomic E-state index is 13.0. The summed E-state index contributed by atoms with van der Waals surface area (Å²) in [5.41, 5.74) is 1.08. The summed E-state index contributed by atoms with van der Waals surface area (Å²) in [6, 6.07) is 8.18. The maximum absolute atomic E-state index is 13.0. The van der Waals surface area contributed by atoms with Crippen molar-refractivity contribution < 1.29 is 9.59 Å². The number of fused-ring (bicyclic) bond motifs is 1. The lowest BCUT2D eigenvalue weighted by Crippen LogP contribution is -2.51. The summed E-state index contributed by atoms with van der Waals surface area (Å²) in [6.45, 7) is 10.9. The lowest BCUT2D eigenvalue weighted by Gasteiger charge is -2.35. The first-order valence-electron chi connectivity index (χ1n) is 9.32. The van der Waals surface area contributed by atoms with Crippen LogP contribution in [0, 0.1) is 6.92 Å². The number of amides is 2. The van der Waals surface area contributed by atoms with Crippen LogP contribution in [0.25, 0.3) is 10.1 Å². The Hall–Kier alpha value is -1.92. The smallest absolute Gasteiger partial charge is 0.264 e. The normalized spacial score (nSPS) is 15.4. The molecule has 2 aromatic rings. The number of thiophene rings is 1. The molecule has 0 spiro atoms. The summed E-state index contributed by atoms with van der Waals surface area (Å²) in [5.74, 6) is 0.300. The molecule has 0 bridgehead atoms. The Morgan fingerprint density at radius 3 is 2.35 bits per heavy atom. The second kappa shape index (κ2) is 8.18. The fraction of sp³-hybridized carbons (Fsp3) is 0.500. The van der Waals surface area contributed by atoms with E-state index in [2.05, 4.69) is 17.0 Å². The van der Waals surface area contributed by atoms with Gasteiger partial charge < -0.3 is 9.80 Å². The fourth-order valence-electron chi connectivity index (χ4n) is 3.50. The lowest BCUT2D eigenvalue weighted by atomic mass is 10.1. The second-order valence-electron chi connectivity index (χ2n) is 6.69. The van der Waals surface area contributed by atoms with E-state index in [1.807, 2.05) is 42.7 Å². The van der Waals surface area contributed by atoms with Gasteiger partial charge in [0.2, 0.25) is 5.91 Å². The number of nitrogens with zero attached hydrogens (tertiary/aromatic N) is 3. The van der Waals surface area contributed by atoms with E-state index >= 15 is 0 Å². The van der Waals surface area contributed by atoms with Gasteiger partial charge in [0.15, 0.2) is 0 Å². The maximum Gasteiger partial charge on any atom is 0.264 e. The van der Waals surface area contributed by atoms with Gasteiger partial charge in [0, 0.05) is 44.0 Å². The highest BCUT2D eigenvalue weighted by Crippen LogP contribution is 2.31. The molecule has 1 fully saturated rings. The van der Waals surface area contributed by atoms with Crippen molar-refractivity contribution in [3.8, 4) is 0 Å². The molecule has 3 rings (SSSR count). The van der Waals surface area contributed by atoms with Crippen LogP contribution in [0.15, 0.2) is 24.3 Å². The van der Waals surface area contributed by atoms with Crippen LogP contribution in [0.3, 0.4) is 0 Å². The van der Waals surface area contributed by atoms with Gasteiger partial charge in [-0.2, -0.15) is 0 Å². The third-order valence-corrected chi connectivity index (χ3v) is 6.43. The molecule has 0 saturated carbocycles. The molecule has 1 aliphatic heterocycles. The van der Waals surface area contributed by atoms with Gasteiger partial charge in [-0.25, -0.2) is 0 Å². The predicted molar refractivity (Wildman–Crippen MR) is 107 cm³/mol. The van der Waals surface area contributed by atoms with E-state index in [0.29, 0.717) is 19.6 Å². The van der Waals surface area contributed by atoms with E-state index in [-0.39, 0.29) is 11.8 Å². The van der Waals surface area contributed by atoms with E-state index in [4.69, 9.17) is 0 Å². The van der Waals surface area contributed by atoms with Crippen molar-refractivity contribution in [1.82, 2.24) is 14.7 Å². The molecule has 0 radical (unpaired) electrons. The molecule has 1 saturated heterocycles. The number of piperazine rings is 1. The van der Waals surface area contributed by atoms with Crippen LogP contribution in [0.1, 0.15) is 29.1 Å². The number of likely N-dealkylation sites (N-methyl/N-ethyl adjacent to an activating group) is 1. The number of hydrogen-bond donors (Lipinski definition) is 0.